The van der Waals surface area contributed by atoms with E-state index in [0.29, 0.717) is 0 Å². The van der Waals surface area contributed by atoms with Crippen LogP contribution in [-0.2, 0) is 0 Å². The fourth-order valence-electron chi connectivity index (χ4n) is 1.39. The lowest BCUT2D eigenvalue weighted by Gasteiger charge is -1.86. The van der Waals surface area contributed by atoms with E-state index in [-0.39, 0.29) is 0 Å². The van der Waals surface area contributed by atoms with E-state index in [2.05, 4.69) is 33.7 Å². The van der Waals surface area contributed by atoms with E-state index >= 15 is 0 Å². The molecule has 0 spiro atoms. The van der Waals surface area contributed by atoms with E-state index in [9.17, 15) is 0 Å². The van der Waals surface area contributed by atoms with Gasteiger partial charge in [0.05, 0.1) is 16.4 Å². The Labute approximate surface area is 73.1 Å². The molecular formula is C9H6N2S. The molecule has 0 fully saturated rings. The molecule has 0 aliphatic heterocycles. The van der Waals surface area contributed by atoms with Crippen LogP contribution in [0.4, 0.5) is 0 Å². The highest BCUT2D eigenvalue weighted by Crippen LogP contribution is 2.25. The van der Waals surface area contributed by atoms with Crippen LogP contribution in [0.5, 0.6) is 0 Å². The Morgan fingerprint density at radius 3 is 3.17 bits per heavy atom. The fraction of sp³-hybridized carbons (Fsp3) is 0. The van der Waals surface area contributed by atoms with Gasteiger partial charge >= 0.3 is 0 Å². The lowest BCUT2D eigenvalue weighted by Crippen LogP contribution is -1.74. The molecule has 0 radical (unpaired) electrons. The quantitative estimate of drug-likeness (QED) is 0.512. The number of hydrogen-bond donors (Lipinski definition) is 0. The summed E-state index contributed by atoms with van der Waals surface area (Å²) in [4.78, 5) is 5.29. The SMILES string of the molecule is c1ccc2c(c1)sc1cncn12. The second kappa shape index (κ2) is 2.08. The van der Waals surface area contributed by atoms with E-state index in [0.717, 1.165) is 0 Å². The predicted octanol–water partition coefficient (Wildman–Crippen LogP) is 2.55. The molecule has 0 saturated heterocycles. The third-order valence-corrected chi connectivity index (χ3v) is 3.02. The minimum atomic E-state index is 1.20. The Bertz CT molecular complexity index is 534. The number of fused-ring (bicyclic) bond motifs is 3. The largest absolute Gasteiger partial charge is 0.289 e. The molecule has 0 atom stereocenters. The lowest BCUT2D eigenvalue weighted by molar-refractivity contribution is 1.22. The molecule has 0 amide bonds. The molecule has 1 aromatic carbocycles. The van der Waals surface area contributed by atoms with E-state index in [1.165, 1.54) is 15.0 Å². The second-order valence-electron chi connectivity index (χ2n) is 2.67. The number of benzene rings is 1. The molecule has 2 aromatic heterocycles. The maximum atomic E-state index is 4.08. The summed E-state index contributed by atoms with van der Waals surface area (Å²) in [7, 11) is 0. The van der Waals surface area contributed by atoms with Crippen LogP contribution in [0.2, 0.25) is 0 Å². The van der Waals surface area contributed by atoms with Crippen molar-refractivity contribution >= 4 is 26.4 Å². The molecular weight excluding hydrogens is 168 g/mol. The van der Waals surface area contributed by atoms with Gasteiger partial charge in [0.15, 0.2) is 0 Å². The number of rotatable bonds is 0. The molecule has 3 rings (SSSR count). The van der Waals surface area contributed by atoms with E-state index in [4.69, 9.17) is 0 Å². The van der Waals surface area contributed by atoms with Crippen molar-refractivity contribution < 1.29 is 0 Å². The van der Waals surface area contributed by atoms with Gasteiger partial charge in [0.2, 0.25) is 0 Å². The van der Waals surface area contributed by atoms with Crippen molar-refractivity contribution in [3.8, 4) is 0 Å². The molecule has 0 unspecified atom stereocenters. The average molecular weight is 174 g/mol. The summed E-state index contributed by atoms with van der Waals surface area (Å²) in [6, 6.07) is 8.35. The first kappa shape index (κ1) is 6.20. The third kappa shape index (κ3) is 0.662. The summed E-state index contributed by atoms with van der Waals surface area (Å²) in [5.41, 5.74) is 1.25. The minimum absolute atomic E-state index is 1.20. The Hall–Kier alpha value is -1.35. The zero-order valence-corrected chi connectivity index (χ0v) is 7.08. The highest BCUT2D eigenvalue weighted by molar-refractivity contribution is 7.23. The standard InChI is InChI=1S/C9H6N2S/c1-2-4-8-7(3-1)11-6-10-5-9(11)12-8/h1-6H. The molecule has 2 heterocycles. The number of imidazole rings is 1. The first-order chi connectivity index (χ1) is 5.95. The number of nitrogens with zero attached hydrogens (tertiary/aromatic N) is 2. The van der Waals surface area contributed by atoms with Gasteiger partial charge in [-0.05, 0) is 12.1 Å². The number of thiazole rings is 1. The van der Waals surface area contributed by atoms with Crippen LogP contribution in [0.1, 0.15) is 0 Å². The van der Waals surface area contributed by atoms with Gasteiger partial charge in [0.1, 0.15) is 11.2 Å². The van der Waals surface area contributed by atoms with Crippen molar-refractivity contribution in [2.45, 2.75) is 0 Å². The van der Waals surface area contributed by atoms with Crippen molar-refractivity contribution in [3.05, 3.63) is 36.8 Å². The first-order valence-electron chi connectivity index (χ1n) is 3.75. The van der Waals surface area contributed by atoms with Gasteiger partial charge in [-0.15, -0.1) is 11.3 Å². The maximum absolute atomic E-state index is 4.08. The van der Waals surface area contributed by atoms with E-state index < -0.39 is 0 Å². The summed E-state index contributed by atoms with van der Waals surface area (Å²) in [5.74, 6) is 0. The molecule has 2 nitrogen and oxygen atoms in total. The Kier molecular flexibility index (Phi) is 1.07. The summed E-state index contributed by atoms with van der Waals surface area (Å²) in [6.07, 6.45) is 3.75. The number of para-hydroxylation sites is 1. The predicted molar refractivity (Wildman–Crippen MR) is 50.6 cm³/mol. The molecule has 0 saturated carbocycles. The second-order valence-corrected chi connectivity index (χ2v) is 3.73. The van der Waals surface area contributed by atoms with Crippen LogP contribution in [0.15, 0.2) is 36.8 Å². The van der Waals surface area contributed by atoms with Gasteiger partial charge in [-0.1, -0.05) is 12.1 Å². The summed E-state index contributed by atoms with van der Waals surface area (Å²) in [5, 5.41) is 0. The Morgan fingerprint density at radius 2 is 2.17 bits per heavy atom. The van der Waals surface area contributed by atoms with Crippen LogP contribution >= 0.6 is 11.3 Å². The smallest absolute Gasteiger partial charge is 0.120 e. The molecule has 0 bridgehead atoms. The zero-order chi connectivity index (χ0) is 7.97. The lowest BCUT2D eigenvalue weighted by atomic mass is 10.3. The highest BCUT2D eigenvalue weighted by atomic mass is 32.1. The van der Waals surface area contributed by atoms with Crippen LogP contribution in [0.3, 0.4) is 0 Å². The Balaban J connectivity index is 2.68. The van der Waals surface area contributed by atoms with Gasteiger partial charge in [-0.25, -0.2) is 4.98 Å². The molecule has 0 N–H and O–H groups in total. The molecule has 12 heavy (non-hydrogen) atoms. The van der Waals surface area contributed by atoms with Crippen molar-refractivity contribution in [1.82, 2.24) is 9.38 Å². The highest BCUT2D eigenvalue weighted by Gasteiger charge is 2.01. The molecule has 3 aromatic rings. The summed E-state index contributed by atoms with van der Waals surface area (Å²) >= 11 is 1.77. The molecule has 0 aliphatic rings. The van der Waals surface area contributed by atoms with Crippen LogP contribution < -0.4 is 0 Å². The third-order valence-electron chi connectivity index (χ3n) is 1.94. The van der Waals surface area contributed by atoms with Gasteiger partial charge in [-0.2, -0.15) is 0 Å². The Morgan fingerprint density at radius 1 is 1.25 bits per heavy atom. The van der Waals surface area contributed by atoms with Crippen LogP contribution in [0.25, 0.3) is 15.0 Å². The van der Waals surface area contributed by atoms with E-state index in [1.54, 1.807) is 11.3 Å². The molecule has 3 heteroatoms. The number of aromatic nitrogens is 2. The van der Waals surface area contributed by atoms with Crippen molar-refractivity contribution in [2.24, 2.45) is 0 Å². The van der Waals surface area contributed by atoms with Gasteiger partial charge in [0.25, 0.3) is 0 Å². The van der Waals surface area contributed by atoms with Gasteiger partial charge in [-0.3, -0.25) is 4.40 Å². The van der Waals surface area contributed by atoms with Gasteiger partial charge in [0, 0.05) is 0 Å². The van der Waals surface area contributed by atoms with Crippen molar-refractivity contribution in [2.75, 3.05) is 0 Å². The molecule has 0 aliphatic carbocycles. The topological polar surface area (TPSA) is 17.3 Å². The maximum Gasteiger partial charge on any atom is 0.120 e. The van der Waals surface area contributed by atoms with Crippen LogP contribution in [0, 0.1) is 0 Å². The first-order valence-corrected chi connectivity index (χ1v) is 4.56. The summed E-state index contributed by atoms with van der Waals surface area (Å²) in [6.45, 7) is 0. The number of hydrogen-bond acceptors (Lipinski definition) is 2. The zero-order valence-electron chi connectivity index (χ0n) is 6.27. The average Bonchev–Trinajstić information content (AvgIpc) is 2.62. The van der Waals surface area contributed by atoms with E-state index in [1.807, 2.05) is 12.5 Å². The van der Waals surface area contributed by atoms with Crippen LogP contribution in [-0.4, -0.2) is 9.38 Å². The summed E-state index contributed by atoms with van der Waals surface area (Å²) < 4.78 is 3.43. The van der Waals surface area contributed by atoms with Gasteiger partial charge < -0.3 is 0 Å². The monoisotopic (exact) mass is 174 g/mol. The fourth-order valence-corrected chi connectivity index (χ4v) is 2.39. The molecule has 58 valence electrons. The normalized spacial score (nSPS) is 11.3. The van der Waals surface area contributed by atoms with Crippen molar-refractivity contribution in [3.63, 3.8) is 0 Å². The minimum Gasteiger partial charge on any atom is -0.289 e. The van der Waals surface area contributed by atoms with Crippen molar-refractivity contribution in [1.29, 1.82) is 0 Å².